The molecular formula is C10H20ClNO2. The third-order valence-corrected chi connectivity index (χ3v) is 1.79. The Kier molecular flexibility index (Phi) is 7.78. The molecule has 0 aromatic carbocycles. The van der Waals surface area contributed by atoms with Gasteiger partial charge in [-0.2, -0.15) is 0 Å². The number of hydrogen-bond acceptors (Lipinski definition) is 2. The molecule has 0 atom stereocenters. The van der Waals surface area contributed by atoms with E-state index in [0.717, 1.165) is 17.4 Å². The molecule has 0 aliphatic heterocycles. The van der Waals surface area contributed by atoms with Crippen molar-refractivity contribution in [1.29, 1.82) is 0 Å². The lowest BCUT2D eigenvalue weighted by molar-refractivity contribution is -0.870. The topological polar surface area (TPSA) is 37.3 Å². The summed E-state index contributed by atoms with van der Waals surface area (Å²) in [5, 5.41) is 9.06. The van der Waals surface area contributed by atoms with Gasteiger partial charge in [0.05, 0.1) is 27.7 Å². The van der Waals surface area contributed by atoms with Crippen LogP contribution in [0, 0.1) is 0 Å². The highest BCUT2D eigenvalue weighted by molar-refractivity contribution is 5.92. The van der Waals surface area contributed by atoms with Crippen LogP contribution in [-0.4, -0.2) is 43.1 Å². The summed E-state index contributed by atoms with van der Waals surface area (Å²) < 4.78 is 0.851. The number of ketones is 1. The summed E-state index contributed by atoms with van der Waals surface area (Å²) in [5.41, 5.74) is 0. The standard InChI is InChI=1S/C10H19NO2.ClH/c1-5-9(12)10(13)7-6-8-11(2,3)4;/h5H,6-8H2,1-4H3;1H. The van der Waals surface area contributed by atoms with Gasteiger partial charge in [0, 0.05) is 12.8 Å². The highest BCUT2D eigenvalue weighted by Gasteiger charge is 2.10. The summed E-state index contributed by atoms with van der Waals surface area (Å²) in [6.07, 6.45) is 2.69. The second-order valence-electron chi connectivity index (χ2n) is 4.21. The zero-order chi connectivity index (χ0) is 10.5. The van der Waals surface area contributed by atoms with Crippen molar-refractivity contribution < 1.29 is 26.8 Å². The maximum Gasteiger partial charge on any atom is 0.196 e. The molecule has 0 heterocycles. The predicted molar refractivity (Wildman–Crippen MR) is 53.5 cm³/mol. The minimum absolute atomic E-state index is 0. The van der Waals surface area contributed by atoms with Gasteiger partial charge in [0.25, 0.3) is 0 Å². The Morgan fingerprint density at radius 1 is 1.36 bits per heavy atom. The molecule has 0 fully saturated rings. The third-order valence-electron chi connectivity index (χ3n) is 1.79. The van der Waals surface area contributed by atoms with Gasteiger partial charge in [-0.25, -0.2) is 0 Å². The summed E-state index contributed by atoms with van der Waals surface area (Å²) in [4.78, 5) is 11.1. The Morgan fingerprint density at radius 3 is 2.21 bits per heavy atom. The number of aliphatic hydroxyl groups excluding tert-OH is 1. The molecule has 0 rings (SSSR count). The van der Waals surface area contributed by atoms with Gasteiger partial charge in [-0.15, -0.1) is 0 Å². The molecular weight excluding hydrogens is 202 g/mol. The van der Waals surface area contributed by atoms with E-state index in [4.69, 9.17) is 5.11 Å². The largest absolute Gasteiger partial charge is 1.00 e. The molecule has 0 bridgehead atoms. The zero-order valence-corrected chi connectivity index (χ0v) is 10.1. The second-order valence-corrected chi connectivity index (χ2v) is 4.21. The SMILES string of the molecule is CC=C(O)C(=O)CCC[N+](C)(C)C.[Cl-]. The molecule has 0 saturated carbocycles. The maximum atomic E-state index is 11.1. The second kappa shape index (κ2) is 6.85. The monoisotopic (exact) mass is 221 g/mol. The minimum atomic E-state index is -0.157. The maximum absolute atomic E-state index is 11.1. The van der Waals surface area contributed by atoms with Crippen molar-refractivity contribution in [3.8, 4) is 0 Å². The number of nitrogens with zero attached hydrogens (tertiary/aromatic N) is 1. The molecule has 0 aliphatic carbocycles. The Hall–Kier alpha value is -0.540. The fourth-order valence-electron chi connectivity index (χ4n) is 1.00. The first-order valence-electron chi connectivity index (χ1n) is 4.56. The molecule has 3 nitrogen and oxygen atoms in total. The number of rotatable bonds is 5. The molecule has 4 heteroatoms. The van der Waals surface area contributed by atoms with Gasteiger partial charge >= 0.3 is 0 Å². The van der Waals surface area contributed by atoms with E-state index in [1.807, 2.05) is 0 Å². The van der Waals surface area contributed by atoms with E-state index < -0.39 is 0 Å². The summed E-state index contributed by atoms with van der Waals surface area (Å²) in [5.74, 6) is -0.266. The van der Waals surface area contributed by atoms with Crippen LogP contribution in [0.4, 0.5) is 0 Å². The Morgan fingerprint density at radius 2 is 1.86 bits per heavy atom. The van der Waals surface area contributed by atoms with E-state index in [1.54, 1.807) is 6.92 Å². The molecule has 1 N–H and O–H groups in total. The van der Waals surface area contributed by atoms with Gasteiger partial charge in [0.2, 0.25) is 0 Å². The first-order valence-corrected chi connectivity index (χ1v) is 4.56. The van der Waals surface area contributed by atoms with Crippen LogP contribution in [0.15, 0.2) is 11.8 Å². The van der Waals surface area contributed by atoms with Gasteiger partial charge in [-0.05, 0) is 13.0 Å². The molecule has 0 spiro atoms. The lowest BCUT2D eigenvalue weighted by Crippen LogP contribution is -3.00. The fourth-order valence-corrected chi connectivity index (χ4v) is 1.00. The normalized spacial score (nSPS) is 12.1. The van der Waals surface area contributed by atoms with Crippen molar-refractivity contribution in [3.05, 3.63) is 11.8 Å². The predicted octanol–water partition coefficient (Wildman–Crippen LogP) is -1.49. The van der Waals surface area contributed by atoms with Gasteiger partial charge in [0.15, 0.2) is 11.5 Å². The summed E-state index contributed by atoms with van der Waals surface area (Å²) in [7, 11) is 6.25. The van der Waals surface area contributed by atoms with Crippen LogP contribution in [0.2, 0.25) is 0 Å². The van der Waals surface area contributed by atoms with E-state index in [1.165, 1.54) is 6.08 Å². The highest BCUT2D eigenvalue weighted by Crippen LogP contribution is 2.02. The van der Waals surface area contributed by atoms with Crippen LogP contribution < -0.4 is 12.4 Å². The van der Waals surface area contributed by atoms with Crippen LogP contribution in [0.1, 0.15) is 19.8 Å². The van der Waals surface area contributed by atoms with Gasteiger partial charge < -0.3 is 22.0 Å². The van der Waals surface area contributed by atoms with E-state index in [2.05, 4.69) is 21.1 Å². The van der Waals surface area contributed by atoms with Crippen LogP contribution in [0.3, 0.4) is 0 Å². The van der Waals surface area contributed by atoms with Gasteiger partial charge in [0.1, 0.15) is 0 Å². The van der Waals surface area contributed by atoms with Crippen LogP contribution in [0.25, 0.3) is 0 Å². The molecule has 0 radical (unpaired) electrons. The smallest absolute Gasteiger partial charge is 0.196 e. The average molecular weight is 222 g/mol. The Labute approximate surface area is 92.4 Å². The van der Waals surface area contributed by atoms with E-state index in [9.17, 15) is 4.79 Å². The van der Waals surface area contributed by atoms with E-state index in [-0.39, 0.29) is 23.9 Å². The number of Topliss-reactive ketones (excluding diaryl/α,β-unsaturated/α-hetero) is 1. The van der Waals surface area contributed by atoms with Gasteiger partial charge in [-0.3, -0.25) is 4.79 Å². The van der Waals surface area contributed by atoms with Crippen molar-refractivity contribution in [2.75, 3.05) is 27.7 Å². The van der Waals surface area contributed by atoms with Crippen molar-refractivity contribution in [2.45, 2.75) is 19.8 Å². The van der Waals surface area contributed by atoms with Crippen LogP contribution in [-0.2, 0) is 4.79 Å². The molecule has 0 aliphatic rings. The Balaban J connectivity index is 0. The molecule has 0 aromatic heterocycles. The van der Waals surface area contributed by atoms with E-state index >= 15 is 0 Å². The number of quaternary nitrogens is 1. The Bertz CT molecular complexity index is 207. The number of carbonyl (C=O) groups is 1. The number of halogens is 1. The molecule has 84 valence electrons. The van der Waals surface area contributed by atoms with Crippen LogP contribution in [0.5, 0.6) is 0 Å². The highest BCUT2D eigenvalue weighted by atomic mass is 35.5. The number of carbonyl (C=O) groups excluding carboxylic acids is 1. The summed E-state index contributed by atoms with van der Waals surface area (Å²) >= 11 is 0. The summed E-state index contributed by atoms with van der Waals surface area (Å²) in [6.45, 7) is 2.61. The molecule has 0 amide bonds. The lowest BCUT2D eigenvalue weighted by Gasteiger charge is -2.23. The van der Waals surface area contributed by atoms with Crippen molar-refractivity contribution >= 4 is 5.78 Å². The molecule has 14 heavy (non-hydrogen) atoms. The lowest BCUT2D eigenvalue weighted by atomic mass is 10.2. The van der Waals surface area contributed by atoms with Crippen molar-refractivity contribution in [3.63, 3.8) is 0 Å². The minimum Gasteiger partial charge on any atom is -1.00 e. The van der Waals surface area contributed by atoms with Crippen molar-refractivity contribution in [2.24, 2.45) is 0 Å². The average Bonchev–Trinajstić information content (AvgIpc) is 2.00. The fraction of sp³-hybridized carbons (Fsp3) is 0.700. The summed E-state index contributed by atoms with van der Waals surface area (Å²) in [6, 6.07) is 0. The molecule has 0 unspecified atom stereocenters. The number of aliphatic hydroxyl groups is 1. The zero-order valence-electron chi connectivity index (χ0n) is 9.38. The number of allylic oxidation sites excluding steroid dienone is 2. The third kappa shape index (κ3) is 8.08. The first kappa shape index (κ1) is 15.9. The molecule has 0 aromatic rings. The quantitative estimate of drug-likeness (QED) is 0.349. The van der Waals surface area contributed by atoms with Crippen molar-refractivity contribution in [1.82, 2.24) is 0 Å². The molecule has 0 saturated heterocycles. The first-order chi connectivity index (χ1) is 5.87. The van der Waals surface area contributed by atoms with Crippen LogP contribution >= 0.6 is 0 Å². The number of hydrogen-bond donors (Lipinski definition) is 1. The van der Waals surface area contributed by atoms with E-state index in [0.29, 0.717) is 6.42 Å². The van der Waals surface area contributed by atoms with Gasteiger partial charge in [-0.1, -0.05) is 0 Å².